The molecule has 1 heterocycles. The summed E-state index contributed by atoms with van der Waals surface area (Å²) in [6.45, 7) is 14.1. The van der Waals surface area contributed by atoms with E-state index in [1.807, 2.05) is 0 Å². The molecule has 1 aromatic carbocycles. The monoisotopic (exact) mass is 276 g/mol. The quantitative estimate of drug-likeness (QED) is 0.690. The molecule has 0 amide bonds. The van der Waals surface area contributed by atoms with Crippen molar-refractivity contribution in [2.24, 2.45) is 11.8 Å². The normalized spacial score (nSPS) is 30.2. The van der Waals surface area contributed by atoms with Gasteiger partial charge in [-0.05, 0) is 42.5 Å². The molecule has 1 fully saturated rings. The average Bonchev–Trinajstić information content (AvgIpc) is 2.64. The lowest BCUT2D eigenvalue weighted by Gasteiger charge is -2.36. The van der Waals surface area contributed by atoms with Gasteiger partial charge < -0.3 is 4.43 Å². The van der Waals surface area contributed by atoms with E-state index in [1.54, 1.807) is 0 Å². The Kier molecular flexibility index (Phi) is 3.94. The van der Waals surface area contributed by atoms with Crippen LogP contribution in [0.1, 0.15) is 39.7 Å². The summed E-state index contributed by atoms with van der Waals surface area (Å²) in [5, 5.41) is 0. The Labute approximate surface area is 119 Å². The fourth-order valence-electron chi connectivity index (χ4n) is 3.78. The van der Waals surface area contributed by atoms with Crippen LogP contribution in [0.15, 0.2) is 30.3 Å². The molecule has 106 valence electrons. The first kappa shape index (κ1) is 14.8. The van der Waals surface area contributed by atoms with Gasteiger partial charge in [-0.1, -0.05) is 58.0 Å². The molecule has 1 aliphatic heterocycles. The molecule has 0 unspecified atom stereocenters. The van der Waals surface area contributed by atoms with E-state index < -0.39 is 8.32 Å². The molecule has 0 spiro atoms. The second-order valence-corrected chi connectivity index (χ2v) is 11.3. The Hall–Kier alpha value is -0.603. The summed E-state index contributed by atoms with van der Waals surface area (Å²) >= 11 is 0. The van der Waals surface area contributed by atoms with Gasteiger partial charge in [0.25, 0.3) is 0 Å². The molecule has 1 nitrogen and oxygen atoms in total. The van der Waals surface area contributed by atoms with Crippen molar-refractivity contribution in [1.29, 1.82) is 0 Å². The van der Waals surface area contributed by atoms with Crippen molar-refractivity contribution in [3.63, 3.8) is 0 Å². The summed E-state index contributed by atoms with van der Waals surface area (Å²) in [6, 6.07) is 10.9. The molecule has 2 heteroatoms. The zero-order valence-corrected chi connectivity index (χ0v) is 14.2. The van der Waals surface area contributed by atoms with Crippen LogP contribution in [0.5, 0.6) is 0 Å². The van der Waals surface area contributed by atoms with Crippen LogP contribution in [0.4, 0.5) is 0 Å². The lowest BCUT2D eigenvalue weighted by molar-refractivity contribution is 0.0295. The van der Waals surface area contributed by atoms with Crippen molar-refractivity contribution in [3.8, 4) is 0 Å². The summed E-state index contributed by atoms with van der Waals surface area (Å²) in [5.74, 6) is 1.23. The molecule has 0 aliphatic carbocycles. The van der Waals surface area contributed by atoms with Gasteiger partial charge in [-0.25, -0.2) is 0 Å². The first-order valence-electron chi connectivity index (χ1n) is 7.55. The summed E-state index contributed by atoms with van der Waals surface area (Å²) in [7, 11) is -1.61. The van der Waals surface area contributed by atoms with Crippen molar-refractivity contribution < 1.29 is 4.43 Å². The Morgan fingerprint density at radius 1 is 1.11 bits per heavy atom. The Morgan fingerprint density at radius 3 is 2.11 bits per heavy atom. The molecule has 0 saturated carbocycles. The van der Waals surface area contributed by atoms with Crippen LogP contribution in [0.3, 0.4) is 0 Å². The van der Waals surface area contributed by atoms with Gasteiger partial charge in [0.15, 0.2) is 8.32 Å². The predicted molar refractivity (Wildman–Crippen MR) is 84.7 cm³/mol. The number of rotatable bonds is 3. The van der Waals surface area contributed by atoms with Crippen LogP contribution in [0.25, 0.3) is 0 Å². The van der Waals surface area contributed by atoms with E-state index in [4.69, 9.17) is 4.43 Å². The molecule has 0 bridgehead atoms. The Bertz CT molecular complexity index is 424. The largest absolute Gasteiger partial charge is 0.407 e. The molecule has 1 aromatic rings. The van der Waals surface area contributed by atoms with Crippen LogP contribution >= 0.6 is 0 Å². The first-order chi connectivity index (χ1) is 8.79. The van der Waals surface area contributed by atoms with Crippen molar-refractivity contribution in [1.82, 2.24) is 0 Å². The van der Waals surface area contributed by atoms with E-state index in [0.29, 0.717) is 11.8 Å². The number of hydrogen-bond acceptors (Lipinski definition) is 1. The van der Waals surface area contributed by atoms with Gasteiger partial charge >= 0.3 is 0 Å². The van der Waals surface area contributed by atoms with Crippen molar-refractivity contribution >= 4 is 8.32 Å². The van der Waals surface area contributed by atoms with Crippen molar-refractivity contribution in [3.05, 3.63) is 35.9 Å². The summed E-state index contributed by atoms with van der Waals surface area (Å²) in [5.41, 5.74) is 2.05. The van der Waals surface area contributed by atoms with Crippen LogP contribution in [0.2, 0.25) is 18.6 Å². The van der Waals surface area contributed by atoms with Crippen LogP contribution in [-0.4, -0.2) is 8.32 Å². The molecule has 1 aliphatic rings. The van der Waals surface area contributed by atoms with Crippen molar-refractivity contribution in [2.45, 2.75) is 58.4 Å². The number of hydrogen-bond donors (Lipinski definition) is 0. The first-order valence-corrected chi connectivity index (χ1v) is 10.5. The van der Waals surface area contributed by atoms with Crippen molar-refractivity contribution in [2.75, 3.05) is 0 Å². The summed E-state index contributed by atoms with van der Waals surface area (Å²) in [6.07, 6.45) is 1.19. The third kappa shape index (κ3) is 2.53. The van der Waals surface area contributed by atoms with E-state index in [0.717, 1.165) is 5.54 Å². The molecule has 0 N–H and O–H groups in total. The molecule has 19 heavy (non-hydrogen) atoms. The summed E-state index contributed by atoms with van der Waals surface area (Å²) < 4.78 is 6.80. The Morgan fingerprint density at radius 2 is 1.68 bits per heavy atom. The zero-order valence-electron chi connectivity index (χ0n) is 13.2. The van der Waals surface area contributed by atoms with E-state index >= 15 is 0 Å². The maximum Gasteiger partial charge on any atom is 0.191 e. The highest BCUT2D eigenvalue weighted by atomic mass is 28.4. The third-order valence-electron chi connectivity index (χ3n) is 4.86. The lowest BCUT2D eigenvalue weighted by atomic mass is 9.78. The van der Waals surface area contributed by atoms with Gasteiger partial charge in [0.2, 0.25) is 0 Å². The maximum atomic E-state index is 6.80. The number of benzene rings is 1. The van der Waals surface area contributed by atoms with Gasteiger partial charge in [-0.15, -0.1) is 0 Å². The second-order valence-electron chi connectivity index (χ2n) is 7.17. The minimum Gasteiger partial charge on any atom is -0.407 e. The standard InChI is InChI=1S/C17H28OSi/c1-13(2)16-12-17(14(3)4,18-19(16,5)6)15-10-8-7-9-11-15/h7-11,13-14,16H,12H2,1-6H3/t16-,17+/m1/s1. The second kappa shape index (κ2) is 5.06. The molecular weight excluding hydrogens is 248 g/mol. The smallest absolute Gasteiger partial charge is 0.191 e. The molecule has 1 saturated heterocycles. The highest BCUT2D eigenvalue weighted by Gasteiger charge is 2.55. The van der Waals surface area contributed by atoms with E-state index in [-0.39, 0.29) is 5.60 Å². The maximum absolute atomic E-state index is 6.80. The fourth-order valence-corrected chi connectivity index (χ4v) is 7.71. The van der Waals surface area contributed by atoms with Gasteiger partial charge in [-0.3, -0.25) is 0 Å². The highest BCUT2D eigenvalue weighted by Crippen LogP contribution is 2.55. The fraction of sp³-hybridized carbons (Fsp3) is 0.647. The minimum absolute atomic E-state index is 0.0636. The van der Waals surface area contributed by atoms with Crippen LogP contribution < -0.4 is 0 Å². The molecule has 0 aromatic heterocycles. The van der Waals surface area contributed by atoms with Crippen LogP contribution in [-0.2, 0) is 10.0 Å². The molecule has 0 radical (unpaired) electrons. The topological polar surface area (TPSA) is 9.23 Å². The van der Waals surface area contributed by atoms with Gasteiger partial charge in [0.1, 0.15) is 0 Å². The van der Waals surface area contributed by atoms with Gasteiger partial charge in [0, 0.05) is 0 Å². The van der Waals surface area contributed by atoms with Gasteiger partial charge in [0.05, 0.1) is 5.60 Å². The van der Waals surface area contributed by atoms with E-state index in [2.05, 4.69) is 71.1 Å². The molecule has 2 atom stereocenters. The van der Waals surface area contributed by atoms with E-state index in [1.165, 1.54) is 12.0 Å². The predicted octanol–water partition coefficient (Wildman–Crippen LogP) is 5.19. The minimum atomic E-state index is -1.61. The Balaban J connectivity index is 2.44. The lowest BCUT2D eigenvalue weighted by Crippen LogP contribution is -2.38. The zero-order chi connectivity index (χ0) is 14.3. The van der Waals surface area contributed by atoms with Gasteiger partial charge in [-0.2, -0.15) is 0 Å². The average molecular weight is 276 g/mol. The highest BCUT2D eigenvalue weighted by molar-refractivity contribution is 6.73. The third-order valence-corrected chi connectivity index (χ3v) is 8.41. The summed E-state index contributed by atoms with van der Waals surface area (Å²) in [4.78, 5) is 0. The van der Waals surface area contributed by atoms with E-state index in [9.17, 15) is 0 Å². The van der Waals surface area contributed by atoms with Crippen LogP contribution in [0, 0.1) is 11.8 Å². The SMILES string of the molecule is CC(C)[C@H]1C[C@@](c2ccccc2)(C(C)C)O[Si]1(C)C. The molecule has 2 rings (SSSR count). The molecular formula is C17H28OSi.